The van der Waals surface area contributed by atoms with E-state index in [4.69, 9.17) is 0 Å². The van der Waals surface area contributed by atoms with Crippen LogP contribution in [0.4, 0.5) is 0 Å². The zero-order chi connectivity index (χ0) is 14.8. The Morgan fingerprint density at radius 2 is 2.00 bits per heavy atom. The van der Waals surface area contributed by atoms with Crippen LogP contribution in [0.3, 0.4) is 0 Å². The molecule has 0 spiro atoms. The molecule has 2 N–H and O–H groups in total. The van der Waals surface area contributed by atoms with Gasteiger partial charge < -0.3 is 10.6 Å². The van der Waals surface area contributed by atoms with E-state index in [2.05, 4.69) is 29.6 Å². The SMILES string of the molecule is Cc1nn(C)c(C)c1CNC1CCCCC1C1CCCN1. The number of hydrogen-bond acceptors (Lipinski definition) is 3. The smallest absolute Gasteiger partial charge is 0.0641 e. The molecule has 0 radical (unpaired) electrons. The fourth-order valence-corrected chi connectivity index (χ4v) is 4.28. The molecular weight excluding hydrogens is 260 g/mol. The molecule has 4 heteroatoms. The van der Waals surface area contributed by atoms with Gasteiger partial charge in [0, 0.05) is 36.9 Å². The maximum Gasteiger partial charge on any atom is 0.0641 e. The number of hydrogen-bond donors (Lipinski definition) is 2. The molecule has 2 aliphatic rings. The minimum absolute atomic E-state index is 0.674. The Hall–Kier alpha value is -0.870. The second kappa shape index (κ2) is 6.49. The molecule has 2 fully saturated rings. The van der Waals surface area contributed by atoms with Crippen LogP contribution in [0.25, 0.3) is 0 Å². The molecule has 2 heterocycles. The average molecular weight is 290 g/mol. The maximum atomic E-state index is 4.54. The van der Waals surface area contributed by atoms with E-state index in [1.165, 1.54) is 62.0 Å². The summed E-state index contributed by atoms with van der Waals surface area (Å²) in [5, 5.41) is 12.1. The summed E-state index contributed by atoms with van der Waals surface area (Å²) < 4.78 is 2.00. The average Bonchev–Trinajstić information content (AvgIpc) is 3.08. The van der Waals surface area contributed by atoms with Crippen molar-refractivity contribution in [2.45, 2.75) is 71.0 Å². The van der Waals surface area contributed by atoms with Crippen LogP contribution in [0.2, 0.25) is 0 Å². The highest BCUT2D eigenvalue weighted by atomic mass is 15.3. The van der Waals surface area contributed by atoms with Crippen molar-refractivity contribution in [3.8, 4) is 0 Å². The van der Waals surface area contributed by atoms with Crippen LogP contribution in [0.1, 0.15) is 55.5 Å². The highest BCUT2D eigenvalue weighted by Gasteiger charge is 2.33. The van der Waals surface area contributed by atoms with Crippen molar-refractivity contribution in [3.63, 3.8) is 0 Å². The van der Waals surface area contributed by atoms with Gasteiger partial charge in [-0.05, 0) is 52.0 Å². The molecule has 1 aliphatic carbocycles. The van der Waals surface area contributed by atoms with Gasteiger partial charge >= 0.3 is 0 Å². The van der Waals surface area contributed by atoms with E-state index < -0.39 is 0 Å². The summed E-state index contributed by atoms with van der Waals surface area (Å²) in [5.41, 5.74) is 3.86. The molecule has 0 aromatic carbocycles. The van der Waals surface area contributed by atoms with Crippen molar-refractivity contribution in [1.29, 1.82) is 0 Å². The van der Waals surface area contributed by atoms with Crippen LogP contribution < -0.4 is 10.6 Å². The van der Waals surface area contributed by atoms with Crippen molar-refractivity contribution in [2.24, 2.45) is 13.0 Å². The van der Waals surface area contributed by atoms with E-state index in [0.717, 1.165) is 18.5 Å². The lowest BCUT2D eigenvalue weighted by molar-refractivity contribution is 0.213. The van der Waals surface area contributed by atoms with Crippen molar-refractivity contribution in [2.75, 3.05) is 6.54 Å². The van der Waals surface area contributed by atoms with Gasteiger partial charge in [-0.25, -0.2) is 0 Å². The van der Waals surface area contributed by atoms with Crippen LogP contribution in [-0.4, -0.2) is 28.4 Å². The number of rotatable bonds is 4. The lowest BCUT2D eigenvalue weighted by Gasteiger charge is -2.36. The van der Waals surface area contributed by atoms with Gasteiger partial charge in [-0.2, -0.15) is 5.10 Å². The Morgan fingerprint density at radius 3 is 2.67 bits per heavy atom. The van der Waals surface area contributed by atoms with E-state index in [0.29, 0.717) is 6.04 Å². The molecule has 1 saturated heterocycles. The minimum Gasteiger partial charge on any atom is -0.314 e. The first-order valence-corrected chi connectivity index (χ1v) is 8.62. The Labute approximate surface area is 128 Å². The zero-order valence-corrected chi connectivity index (χ0v) is 13.8. The first-order chi connectivity index (χ1) is 10.2. The number of aromatic nitrogens is 2. The molecule has 4 nitrogen and oxygen atoms in total. The molecule has 1 aromatic heterocycles. The predicted octanol–water partition coefficient (Wildman–Crippen LogP) is 2.44. The van der Waals surface area contributed by atoms with Crippen molar-refractivity contribution in [3.05, 3.63) is 17.0 Å². The van der Waals surface area contributed by atoms with Gasteiger partial charge in [0.2, 0.25) is 0 Å². The van der Waals surface area contributed by atoms with Crippen LogP contribution in [0.5, 0.6) is 0 Å². The largest absolute Gasteiger partial charge is 0.314 e. The van der Waals surface area contributed by atoms with Gasteiger partial charge in [-0.3, -0.25) is 4.68 Å². The van der Waals surface area contributed by atoms with Gasteiger partial charge in [0.25, 0.3) is 0 Å². The normalized spacial score (nSPS) is 30.0. The van der Waals surface area contributed by atoms with Gasteiger partial charge in [-0.15, -0.1) is 0 Å². The lowest BCUT2D eigenvalue weighted by atomic mass is 9.79. The van der Waals surface area contributed by atoms with E-state index in [9.17, 15) is 0 Å². The monoisotopic (exact) mass is 290 g/mol. The molecule has 1 aliphatic heterocycles. The van der Waals surface area contributed by atoms with Crippen LogP contribution in [0.15, 0.2) is 0 Å². The first kappa shape index (κ1) is 15.0. The fraction of sp³-hybridized carbons (Fsp3) is 0.824. The van der Waals surface area contributed by atoms with Gasteiger partial charge in [0.05, 0.1) is 5.69 Å². The Balaban J connectivity index is 1.64. The van der Waals surface area contributed by atoms with E-state index in [1.807, 2.05) is 11.7 Å². The second-order valence-electron chi connectivity index (χ2n) is 6.91. The summed E-state index contributed by atoms with van der Waals surface area (Å²) >= 11 is 0. The van der Waals surface area contributed by atoms with Gasteiger partial charge in [0.15, 0.2) is 0 Å². The summed E-state index contributed by atoms with van der Waals surface area (Å²) in [6.45, 7) is 6.49. The third-order valence-electron chi connectivity index (χ3n) is 5.63. The van der Waals surface area contributed by atoms with Crippen LogP contribution >= 0.6 is 0 Å². The molecular formula is C17H30N4. The molecule has 0 amide bonds. The Kier molecular flexibility index (Phi) is 4.65. The molecule has 1 aromatic rings. The third-order valence-corrected chi connectivity index (χ3v) is 5.63. The highest BCUT2D eigenvalue weighted by molar-refractivity contribution is 5.24. The van der Waals surface area contributed by atoms with E-state index in [-0.39, 0.29) is 0 Å². The summed E-state index contributed by atoms with van der Waals surface area (Å²) in [6.07, 6.45) is 8.24. The molecule has 118 valence electrons. The molecule has 3 rings (SSSR count). The van der Waals surface area contributed by atoms with Crippen molar-refractivity contribution >= 4 is 0 Å². The summed E-state index contributed by atoms with van der Waals surface area (Å²) in [7, 11) is 2.04. The number of nitrogens with one attached hydrogen (secondary N) is 2. The highest BCUT2D eigenvalue weighted by Crippen LogP contribution is 2.31. The van der Waals surface area contributed by atoms with Gasteiger partial charge in [0.1, 0.15) is 0 Å². The zero-order valence-electron chi connectivity index (χ0n) is 13.8. The summed E-state index contributed by atoms with van der Waals surface area (Å²) in [4.78, 5) is 0. The Morgan fingerprint density at radius 1 is 1.19 bits per heavy atom. The van der Waals surface area contributed by atoms with Crippen molar-refractivity contribution in [1.82, 2.24) is 20.4 Å². The summed E-state index contributed by atoms with van der Waals surface area (Å²) in [6, 6.07) is 1.42. The minimum atomic E-state index is 0.674. The third kappa shape index (κ3) is 3.16. The number of nitrogens with zero attached hydrogens (tertiary/aromatic N) is 2. The van der Waals surface area contributed by atoms with Crippen LogP contribution in [0, 0.1) is 19.8 Å². The topological polar surface area (TPSA) is 41.9 Å². The first-order valence-electron chi connectivity index (χ1n) is 8.62. The molecule has 21 heavy (non-hydrogen) atoms. The predicted molar refractivity (Wildman–Crippen MR) is 86.3 cm³/mol. The number of aryl methyl sites for hydroxylation is 2. The molecule has 3 atom stereocenters. The fourth-order valence-electron chi connectivity index (χ4n) is 4.28. The summed E-state index contributed by atoms with van der Waals surface area (Å²) in [5.74, 6) is 0.818. The maximum absolute atomic E-state index is 4.54. The van der Waals surface area contributed by atoms with E-state index >= 15 is 0 Å². The molecule has 3 unspecified atom stereocenters. The van der Waals surface area contributed by atoms with Crippen molar-refractivity contribution < 1.29 is 0 Å². The molecule has 0 bridgehead atoms. The lowest BCUT2D eigenvalue weighted by Crippen LogP contribution is -2.46. The second-order valence-corrected chi connectivity index (χ2v) is 6.91. The Bertz CT molecular complexity index is 473. The van der Waals surface area contributed by atoms with Gasteiger partial charge in [-0.1, -0.05) is 12.8 Å². The quantitative estimate of drug-likeness (QED) is 0.895. The molecule has 1 saturated carbocycles. The van der Waals surface area contributed by atoms with E-state index in [1.54, 1.807) is 0 Å². The van der Waals surface area contributed by atoms with Crippen LogP contribution in [-0.2, 0) is 13.6 Å². The standard InChI is InChI=1S/C17H30N4/c1-12-15(13(2)21(3)20-12)11-19-17-8-5-4-7-14(17)16-9-6-10-18-16/h14,16-19H,4-11H2,1-3H3.